The smallest absolute Gasteiger partial charge is 0.230 e. The van der Waals surface area contributed by atoms with E-state index in [4.69, 9.17) is 17.3 Å². The van der Waals surface area contributed by atoms with E-state index in [-0.39, 0.29) is 17.8 Å². The van der Waals surface area contributed by atoms with Gasteiger partial charge in [0.2, 0.25) is 11.9 Å². The summed E-state index contributed by atoms with van der Waals surface area (Å²) in [7, 11) is 0. The molecule has 0 unspecified atom stereocenters. The Morgan fingerprint density at radius 2 is 2.17 bits per heavy atom. The molecule has 0 bridgehead atoms. The molecule has 2 rings (SSSR count). The van der Waals surface area contributed by atoms with Crippen LogP contribution in [0.5, 0.6) is 0 Å². The summed E-state index contributed by atoms with van der Waals surface area (Å²) in [6.07, 6.45) is 5.33. The Bertz CT molecular complexity index is 418. The highest BCUT2D eigenvalue weighted by atomic mass is 35.5. The van der Waals surface area contributed by atoms with Crippen molar-refractivity contribution in [1.29, 1.82) is 0 Å². The van der Waals surface area contributed by atoms with Gasteiger partial charge in [-0.3, -0.25) is 10.1 Å². The third-order valence-corrected chi connectivity index (χ3v) is 3.62. The van der Waals surface area contributed by atoms with Gasteiger partial charge in [0.1, 0.15) is 5.15 Å². The van der Waals surface area contributed by atoms with Gasteiger partial charge in [0.05, 0.1) is 0 Å². The molecule has 0 saturated heterocycles. The first-order chi connectivity index (χ1) is 8.69. The molecule has 98 valence electrons. The molecule has 1 heterocycles. The third-order valence-electron chi connectivity index (χ3n) is 3.41. The number of carbonyl (C=O) groups is 1. The van der Waals surface area contributed by atoms with Crippen LogP contribution in [0.1, 0.15) is 25.7 Å². The number of nitrogens with two attached hydrogens (primary N) is 1. The van der Waals surface area contributed by atoms with Gasteiger partial charge in [-0.2, -0.15) is 0 Å². The number of rotatable bonds is 3. The van der Waals surface area contributed by atoms with Crippen LogP contribution in [0.25, 0.3) is 0 Å². The van der Waals surface area contributed by atoms with Gasteiger partial charge in [0, 0.05) is 12.1 Å². The molecule has 5 nitrogen and oxygen atoms in total. The minimum Gasteiger partial charge on any atom is -0.330 e. The largest absolute Gasteiger partial charge is 0.330 e. The summed E-state index contributed by atoms with van der Waals surface area (Å²) in [5.41, 5.74) is 5.63. The molecule has 1 aliphatic rings. The van der Waals surface area contributed by atoms with E-state index < -0.39 is 0 Å². The Morgan fingerprint density at radius 1 is 1.44 bits per heavy atom. The van der Waals surface area contributed by atoms with Gasteiger partial charge in [0.15, 0.2) is 0 Å². The van der Waals surface area contributed by atoms with Gasteiger partial charge in [-0.25, -0.2) is 9.97 Å². The van der Waals surface area contributed by atoms with Crippen molar-refractivity contribution >= 4 is 23.5 Å². The first-order valence-corrected chi connectivity index (χ1v) is 6.56. The molecule has 18 heavy (non-hydrogen) atoms. The molecule has 0 spiro atoms. The number of anilines is 1. The van der Waals surface area contributed by atoms with Crippen LogP contribution < -0.4 is 11.1 Å². The number of nitrogens with zero attached hydrogens (tertiary/aromatic N) is 2. The summed E-state index contributed by atoms with van der Waals surface area (Å²) < 4.78 is 0. The van der Waals surface area contributed by atoms with Crippen LogP contribution in [-0.4, -0.2) is 22.4 Å². The van der Waals surface area contributed by atoms with Gasteiger partial charge in [-0.05, 0) is 44.2 Å². The zero-order chi connectivity index (χ0) is 13.0. The van der Waals surface area contributed by atoms with Crippen molar-refractivity contribution in [2.45, 2.75) is 25.7 Å². The quantitative estimate of drug-likeness (QED) is 0.820. The van der Waals surface area contributed by atoms with E-state index in [0.717, 1.165) is 25.7 Å². The third kappa shape index (κ3) is 3.40. The summed E-state index contributed by atoms with van der Waals surface area (Å²) in [6, 6.07) is 1.57. The molecule has 0 aliphatic heterocycles. The topological polar surface area (TPSA) is 80.9 Å². The van der Waals surface area contributed by atoms with Crippen LogP contribution in [-0.2, 0) is 4.79 Å². The van der Waals surface area contributed by atoms with Crippen molar-refractivity contribution in [3.05, 3.63) is 17.4 Å². The molecule has 1 fully saturated rings. The van der Waals surface area contributed by atoms with Gasteiger partial charge < -0.3 is 5.73 Å². The van der Waals surface area contributed by atoms with E-state index in [2.05, 4.69) is 15.3 Å². The lowest BCUT2D eigenvalue weighted by molar-refractivity contribution is -0.121. The van der Waals surface area contributed by atoms with Gasteiger partial charge in [0.25, 0.3) is 0 Å². The lowest BCUT2D eigenvalue weighted by Crippen LogP contribution is -2.29. The van der Waals surface area contributed by atoms with Gasteiger partial charge >= 0.3 is 0 Å². The zero-order valence-electron chi connectivity index (χ0n) is 10.1. The molecular weight excluding hydrogens is 252 g/mol. The maximum atomic E-state index is 12.0. The highest BCUT2D eigenvalue weighted by molar-refractivity contribution is 6.29. The predicted molar refractivity (Wildman–Crippen MR) is 70.2 cm³/mol. The molecule has 3 N–H and O–H groups in total. The van der Waals surface area contributed by atoms with E-state index in [1.165, 1.54) is 6.20 Å². The SMILES string of the molecule is NCC1CCC(C(=O)Nc2nccc(Cl)n2)CC1. The highest BCUT2D eigenvalue weighted by Crippen LogP contribution is 2.28. The van der Waals surface area contributed by atoms with Crippen molar-refractivity contribution in [2.24, 2.45) is 17.6 Å². The molecule has 1 amide bonds. The van der Waals surface area contributed by atoms with E-state index >= 15 is 0 Å². The summed E-state index contributed by atoms with van der Waals surface area (Å²) >= 11 is 5.74. The Labute approximate surface area is 111 Å². The van der Waals surface area contributed by atoms with E-state index in [9.17, 15) is 4.79 Å². The van der Waals surface area contributed by atoms with Crippen LogP contribution in [0.2, 0.25) is 5.15 Å². The summed E-state index contributed by atoms with van der Waals surface area (Å²) in [5.74, 6) is 0.855. The fraction of sp³-hybridized carbons (Fsp3) is 0.583. The Balaban J connectivity index is 1.89. The van der Waals surface area contributed by atoms with Gasteiger partial charge in [-0.15, -0.1) is 0 Å². The number of aromatic nitrogens is 2. The second-order valence-corrected chi connectivity index (χ2v) is 5.03. The number of hydrogen-bond donors (Lipinski definition) is 2. The average molecular weight is 269 g/mol. The van der Waals surface area contributed by atoms with Gasteiger partial charge in [-0.1, -0.05) is 11.6 Å². The fourth-order valence-electron chi connectivity index (χ4n) is 2.27. The molecular formula is C12H17ClN4O. The summed E-state index contributed by atoms with van der Waals surface area (Å²) in [5, 5.41) is 3.03. The number of amides is 1. The first-order valence-electron chi connectivity index (χ1n) is 6.18. The van der Waals surface area contributed by atoms with Crippen LogP contribution in [0, 0.1) is 11.8 Å². The number of hydrogen-bond acceptors (Lipinski definition) is 4. The number of carbonyl (C=O) groups excluding carboxylic acids is 1. The maximum absolute atomic E-state index is 12.0. The number of halogens is 1. The standard InChI is InChI=1S/C12H17ClN4O/c13-10-5-6-15-12(16-10)17-11(18)9-3-1-8(7-14)2-4-9/h5-6,8-9H,1-4,7,14H2,(H,15,16,17,18). The van der Waals surface area contributed by atoms with Crippen molar-refractivity contribution in [3.8, 4) is 0 Å². The first kappa shape index (κ1) is 13.2. The normalized spacial score (nSPS) is 23.7. The molecule has 1 aromatic rings. The van der Waals surface area contributed by atoms with Crippen LogP contribution in [0.4, 0.5) is 5.95 Å². The second kappa shape index (κ2) is 6.11. The van der Waals surface area contributed by atoms with Crippen molar-refractivity contribution in [2.75, 3.05) is 11.9 Å². The molecule has 1 aliphatic carbocycles. The number of nitrogens with one attached hydrogen (secondary N) is 1. The summed E-state index contributed by atoms with van der Waals surface area (Å²) in [4.78, 5) is 19.9. The molecule has 0 aromatic carbocycles. The lowest BCUT2D eigenvalue weighted by atomic mass is 9.81. The molecule has 6 heteroatoms. The molecule has 0 radical (unpaired) electrons. The predicted octanol–water partition coefficient (Wildman–Crippen LogP) is 1.83. The van der Waals surface area contributed by atoms with E-state index in [1.807, 2.05) is 0 Å². The monoisotopic (exact) mass is 268 g/mol. The van der Waals surface area contributed by atoms with Crippen molar-refractivity contribution < 1.29 is 4.79 Å². The molecule has 1 aromatic heterocycles. The summed E-state index contributed by atoms with van der Waals surface area (Å²) in [6.45, 7) is 0.714. The second-order valence-electron chi connectivity index (χ2n) is 4.65. The molecule has 0 atom stereocenters. The van der Waals surface area contributed by atoms with Crippen LogP contribution in [0.3, 0.4) is 0 Å². The maximum Gasteiger partial charge on any atom is 0.230 e. The Hall–Kier alpha value is -1.20. The Morgan fingerprint density at radius 3 is 2.78 bits per heavy atom. The zero-order valence-corrected chi connectivity index (χ0v) is 10.9. The minimum atomic E-state index is -0.0206. The Kier molecular flexibility index (Phi) is 4.49. The van der Waals surface area contributed by atoms with E-state index in [0.29, 0.717) is 17.6 Å². The lowest BCUT2D eigenvalue weighted by Gasteiger charge is -2.26. The van der Waals surface area contributed by atoms with Crippen LogP contribution in [0.15, 0.2) is 12.3 Å². The van der Waals surface area contributed by atoms with Crippen molar-refractivity contribution in [3.63, 3.8) is 0 Å². The van der Waals surface area contributed by atoms with E-state index in [1.54, 1.807) is 6.07 Å². The fourth-order valence-corrected chi connectivity index (χ4v) is 2.41. The average Bonchev–Trinajstić information content (AvgIpc) is 2.39. The highest BCUT2D eigenvalue weighted by Gasteiger charge is 2.25. The van der Waals surface area contributed by atoms with Crippen molar-refractivity contribution in [1.82, 2.24) is 9.97 Å². The van der Waals surface area contributed by atoms with Crippen LogP contribution >= 0.6 is 11.6 Å². The minimum absolute atomic E-state index is 0.0206. The molecule has 1 saturated carbocycles.